The van der Waals surface area contributed by atoms with Crippen LogP contribution in [-0.4, -0.2) is 33.1 Å². The van der Waals surface area contributed by atoms with Crippen LogP contribution in [0, 0.1) is 0 Å². The minimum atomic E-state index is 0.0235. The van der Waals surface area contributed by atoms with E-state index in [1.807, 2.05) is 0 Å². The van der Waals surface area contributed by atoms with Gasteiger partial charge in [-0.25, -0.2) is 0 Å². The lowest BCUT2D eigenvalue weighted by atomic mass is 10.0. The van der Waals surface area contributed by atoms with E-state index in [-0.39, 0.29) is 11.5 Å². The Hall–Kier alpha value is -3.02. The van der Waals surface area contributed by atoms with E-state index in [4.69, 9.17) is 10.4 Å². The molecule has 21 heavy (non-hydrogen) atoms. The van der Waals surface area contributed by atoms with Gasteiger partial charge in [-0.1, -0.05) is 22.4 Å². The molecule has 4 N–H and O–H groups in total. The van der Waals surface area contributed by atoms with Gasteiger partial charge in [0.05, 0.1) is 12.4 Å². The number of hydrogen-bond acceptors (Lipinski definition) is 6. The van der Waals surface area contributed by atoms with E-state index in [2.05, 4.69) is 10.3 Å². The van der Waals surface area contributed by atoms with Crippen LogP contribution in [0.3, 0.4) is 0 Å². The molecule has 0 bridgehead atoms. The van der Waals surface area contributed by atoms with Crippen molar-refractivity contribution in [3.63, 3.8) is 0 Å². The molecule has 0 heterocycles. The second-order valence-corrected chi connectivity index (χ2v) is 4.45. The van der Waals surface area contributed by atoms with Crippen LogP contribution in [0.15, 0.2) is 46.7 Å². The molecule has 0 aromatic heterocycles. The second kappa shape index (κ2) is 6.42. The van der Waals surface area contributed by atoms with Gasteiger partial charge in [0, 0.05) is 11.1 Å². The first-order valence-electron chi connectivity index (χ1n) is 6.12. The highest BCUT2D eigenvalue weighted by Crippen LogP contribution is 2.22. The van der Waals surface area contributed by atoms with Gasteiger partial charge in [0.2, 0.25) is 0 Å². The van der Waals surface area contributed by atoms with Gasteiger partial charge in [0.15, 0.2) is 0 Å². The monoisotopic (exact) mass is 286 g/mol. The van der Waals surface area contributed by atoms with Crippen molar-refractivity contribution in [3.05, 3.63) is 58.7 Å². The Balaban J connectivity index is 2.30. The number of phenolic OH excluding ortho intramolecular Hbond substituents is 2. The van der Waals surface area contributed by atoms with E-state index in [0.29, 0.717) is 17.5 Å². The van der Waals surface area contributed by atoms with Crippen LogP contribution in [0.2, 0.25) is 0 Å². The highest BCUT2D eigenvalue weighted by Gasteiger charge is 2.05. The summed E-state index contributed by atoms with van der Waals surface area (Å²) in [6.07, 6.45) is 2.85. The summed E-state index contributed by atoms with van der Waals surface area (Å²) in [5.41, 5.74) is 2.59. The lowest BCUT2D eigenvalue weighted by Gasteiger charge is -2.06. The largest absolute Gasteiger partial charge is 0.507 e. The van der Waals surface area contributed by atoms with Crippen LogP contribution >= 0.6 is 0 Å². The maximum absolute atomic E-state index is 9.60. The third-order valence-electron chi connectivity index (χ3n) is 2.99. The summed E-state index contributed by atoms with van der Waals surface area (Å²) in [5.74, 6) is 0.0470. The first-order chi connectivity index (χ1) is 10.1. The highest BCUT2D eigenvalue weighted by molar-refractivity contribution is 5.84. The van der Waals surface area contributed by atoms with Gasteiger partial charge in [-0.2, -0.15) is 0 Å². The summed E-state index contributed by atoms with van der Waals surface area (Å²) < 4.78 is 0. The molecule has 0 radical (unpaired) electrons. The minimum Gasteiger partial charge on any atom is -0.507 e. The maximum atomic E-state index is 9.60. The van der Waals surface area contributed by atoms with Crippen LogP contribution in [0.1, 0.15) is 22.3 Å². The van der Waals surface area contributed by atoms with E-state index in [1.54, 1.807) is 24.3 Å². The molecule has 2 aromatic rings. The van der Waals surface area contributed by atoms with Crippen molar-refractivity contribution in [1.82, 2.24) is 0 Å². The van der Waals surface area contributed by atoms with E-state index in [0.717, 1.165) is 23.6 Å². The van der Waals surface area contributed by atoms with Crippen molar-refractivity contribution in [2.45, 2.75) is 6.42 Å². The van der Waals surface area contributed by atoms with E-state index >= 15 is 0 Å². The summed E-state index contributed by atoms with van der Waals surface area (Å²) in [6, 6.07) is 9.92. The van der Waals surface area contributed by atoms with Crippen molar-refractivity contribution in [1.29, 1.82) is 0 Å². The normalized spacial score (nSPS) is 11.4. The molecular weight excluding hydrogens is 272 g/mol. The Kier molecular flexibility index (Phi) is 4.40. The van der Waals surface area contributed by atoms with E-state index < -0.39 is 0 Å². The molecule has 2 rings (SSSR count). The van der Waals surface area contributed by atoms with Gasteiger partial charge in [0.25, 0.3) is 0 Å². The third-order valence-corrected chi connectivity index (χ3v) is 2.99. The smallest absolute Gasteiger partial charge is 0.124 e. The molecule has 6 heteroatoms. The van der Waals surface area contributed by atoms with Crippen LogP contribution in [0.25, 0.3) is 0 Å². The Morgan fingerprint density at radius 2 is 1.19 bits per heavy atom. The molecule has 0 fully saturated rings. The zero-order valence-electron chi connectivity index (χ0n) is 11.0. The van der Waals surface area contributed by atoms with Gasteiger partial charge >= 0.3 is 0 Å². The van der Waals surface area contributed by atoms with Gasteiger partial charge in [-0.05, 0) is 41.8 Å². The number of hydrogen-bond donors (Lipinski definition) is 4. The fourth-order valence-electron chi connectivity index (χ4n) is 1.99. The number of oxime groups is 2. The zero-order chi connectivity index (χ0) is 15.2. The molecule has 0 spiro atoms. The maximum Gasteiger partial charge on any atom is 0.124 e. The van der Waals surface area contributed by atoms with Crippen molar-refractivity contribution < 1.29 is 20.6 Å². The van der Waals surface area contributed by atoms with E-state index in [9.17, 15) is 10.2 Å². The number of rotatable bonds is 4. The molecule has 0 saturated carbocycles. The lowest BCUT2D eigenvalue weighted by Crippen LogP contribution is -1.93. The topological polar surface area (TPSA) is 106 Å². The summed E-state index contributed by atoms with van der Waals surface area (Å²) >= 11 is 0. The number of phenols is 2. The van der Waals surface area contributed by atoms with Crippen LogP contribution < -0.4 is 0 Å². The molecule has 6 nitrogen and oxygen atoms in total. The molecule has 0 aliphatic heterocycles. The van der Waals surface area contributed by atoms with Crippen molar-refractivity contribution in [3.8, 4) is 11.5 Å². The standard InChI is InChI=1S/C15H14N2O4/c18-14-3-1-10(6-12(14)8-16-20)5-11-2-4-15(19)13(7-11)9-17-21/h1-4,6-9,18-21H,5H2/b16-8+,17-9+. The Morgan fingerprint density at radius 3 is 1.57 bits per heavy atom. The fraction of sp³-hybridized carbons (Fsp3) is 0.0667. The van der Waals surface area contributed by atoms with Crippen LogP contribution in [0.4, 0.5) is 0 Å². The molecule has 108 valence electrons. The number of nitrogens with zero attached hydrogens (tertiary/aromatic N) is 2. The molecule has 0 aliphatic rings. The SMILES string of the molecule is O/N=C/c1cc(Cc2ccc(O)c(/C=N/O)c2)ccc1O. The molecule has 2 aromatic carbocycles. The van der Waals surface area contributed by atoms with E-state index in [1.165, 1.54) is 12.1 Å². The fourth-order valence-corrected chi connectivity index (χ4v) is 1.99. The van der Waals surface area contributed by atoms with Gasteiger partial charge in [-0.3, -0.25) is 0 Å². The molecule has 0 unspecified atom stereocenters. The Labute approximate surface area is 120 Å². The summed E-state index contributed by atoms with van der Waals surface area (Å²) in [4.78, 5) is 0. The molecule has 0 aliphatic carbocycles. The zero-order valence-corrected chi connectivity index (χ0v) is 11.0. The first-order valence-corrected chi connectivity index (χ1v) is 6.12. The van der Waals surface area contributed by atoms with Gasteiger partial charge in [0.1, 0.15) is 11.5 Å². The third kappa shape index (κ3) is 3.50. The Bertz CT molecular complexity index is 637. The van der Waals surface area contributed by atoms with Gasteiger partial charge < -0.3 is 20.6 Å². The summed E-state index contributed by atoms with van der Waals surface area (Å²) in [6.45, 7) is 0. The van der Waals surface area contributed by atoms with Gasteiger partial charge in [-0.15, -0.1) is 0 Å². The minimum absolute atomic E-state index is 0.0235. The summed E-state index contributed by atoms with van der Waals surface area (Å²) in [7, 11) is 0. The van der Waals surface area contributed by atoms with Crippen molar-refractivity contribution in [2.75, 3.05) is 0 Å². The van der Waals surface area contributed by atoms with Crippen LogP contribution in [0.5, 0.6) is 11.5 Å². The molecule has 0 amide bonds. The van der Waals surface area contributed by atoms with Crippen molar-refractivity contribution in [2.24, 2.45) is 10.3 Å². The second-order valence-electron chi connectivity index (χ2n) is 4.45. The predicted molar refractivity (Wildman–Crippen MR) is 77.8 cm³/mol. The Morgan fingerprint density at radius 1 is 0.762 bits per heavy atom. The number of benzene rings is 2. The lowest BCUT2D eigenvalue weighted by molar-refractivity contribution is 0.321. The molecular formula is C15H14N2O4. The predicted octanol–water partition coefficient (Wildman–Crippen LogP) is 2.30. The first kappa shape index (κ1) is 14.4. The molecule has 0 saturated heterocycles. The van der Waals surface area contributed by atoms with Crippen LogP contribution in [-0.2, 0) is 6.42 Å². The van der Waals surface area contributed by atoms with Crippen molar-refractivity contribution >= 4 is 12.4 Å². The quantitative estimate of drug-likeness (QED) is 0.393. The highest BCUT2D eigenvalue weighted by atomic mass is 16.4. The average molecular weight is 286 g/mol. The average Bonchev–Trinajstić information content (AvgIpc) is 2.47. The molecule has 0 atom stereocenters. The number of aromatic hydroxyl groups is 2. The summed E-state index contributed by atoms with van der Waals surface area (Å²) in [5, 5.41) is 42.1.